The molecule has 8 atom stereocenters. The second-order valence-electron chi connectivity index (χ2n) is 12.9. The predicted molar refractivity (Wildman–Crippen MR) is 127 cm³/mol. The summed E-state index contributed by atoms with van der Waals surface area (Å²) >= 11 is 0. The van der Waals surface area contributed by atoms with Gasteiger partial charge in [0.2, 0.25) is 0 Å². The summed E-state index contributed by atoms with van der Waals surface area (Å²) < 4.78 is 4.87. The van der Waals surface area contributed by atoms with Crippen LogP contribution < -0.4 is 0 Å². The van der Waals surface area contributed by atoms with Crippen LogP contribution >= 0.6 is 0 Å². The van der Waals surface area contributed by atoms with Crippen molar-refractivity contribution < 1.29 is 24.5 Å². The highest BCUT2D eigenvalue weighted by atomic mass is 16.5. The van der Waals surface area contributed by atoms with Gasteiger partial charge in [0.25, 0.3) is 0 Å². The first-order valence-electron chi connectivity index (χ1n) is 12.9. The first-order valence-corrected chi connectivity index (χ1v) is 12.9. The molecule has 5 nitrogen and oxygen atoms in total. The van der Waals surface area contributed by atoms with E-state index in [-0.39, 0.29) is 40.2 Å². The van der Waals surface area contributed by atoms with Gasteiger partial charge in [-0.05, 0) is 66.6 Å². The molecule has 0 aromatic carbocycles. The van der Waals surface area contributed by atoms with E-state index >= 15 is 0 Å². The number of esters is 1. The molecule has 0 aliphatic heterocycles. The maximum atomic E-state index is 14.0. The topological polar surface area (TPSA) is 83.8 Å². The molecule has 5 heteroatoms. The number of methoxy groups -OCH3 is 1. The Labute approximate surface area is 199 Å². The van der Waals surface area contributed by atoms with E-state index in [4.69, 9.17) is 4.74 Å². The SMILES string of the molecule is COC(=O)CC[C@@H](C)[C@]1(C)[C@H](O)C=C2[C@]3(CC[C@H]4C(C)(C)[C@@H](O)CC[C@@]43C)C(=O)CC[C@]21C. The molecule has 0 saturated heterocycles. The van der Waals surface area contributed by atoms with Crippen molar-refractivity contribution in [3.63, 3.8) is 0 Å². The quantitative estimate of drug-likeness (QED) is 0.463. The van der Waals surface area contributed by atoms with Crippen LogP contribution in [0.3, 0.4) is 0 Å². The van der Waals surface area contributed by atoms with E-state index in [1.807, 2.05) is 6.08 Å². The molecule has 4 aliphatic carbocycles. The summed E-state index contributed by atoms with van der Waals surface area (Å²) in [5.74, 6) is 0.467. The van der Waals surface area contributed by atoms with Crippen molar-refractivity contribution >= 4 is 11.8 Å². The average Bonchev–Trinajstić information content (AvgIpc) is 3.19. The van der Waals surface area contributed by atoms with Crippen molar-refractivity contribution in [3.05, 3.63) is 11.6 Å². The molecule has 4 aliphatic rings. The van der Waals surface area contributed by atoms with Gasteiger partial charge in [0.05, 0.1) is 24.7 Å². The monoisotopic (exact) mass is 460 g/mol. The van der Waals surface area contributed by atoms with Gasteiger partial charge in [-0.1, -0.05) is 53.2 Å². The predicted octanol–water partition coefficient (Wildman–Crippen LogP) is 4.84. The van der Waals surface area contributed by atoms with E-state index < -0.39 is 16.9 Å². The number of rotatable bonds is 4. The molecule has 0 unspecified atom stereocenters. The van der Waals surface area contributed by atoms with Crippen LogP contribution in [0, 0.1) is 38.9 Å². The van der Waals surface area contributed by atoms with Crippen molar-refractivity contribution in [3.8, 4) is 0 Å². The van der Waals surface area contributed by atoms with Gasteiger partial charge in [-0.3, -0.25) is 9.59 Å². The molecule has 0 bridgehead atoms. The lowest BCUT2D eigenvalue weighted by Gasteiger charge is -2.61. The highest BCUT2D eigenvalue weighted by Gasteiger charge is 2.73. The number of Topliss-reactive ketones (excluding diaryl/α,β-unsaturated/α-hetero) is 1. The molecule has 3 fully saturated rings. The van der Waals surface area contributed by atoms with Gasteiger partial charge >= 0.3 is 5.97 Å². The molecule has 0 radical (unpaired) electrons. The zero-order valence-electron chi connectivity index (χ0n) is 21.7. The highest BCUT2D eigenvalue weighted by molar-refractivity contribution is 5.92. The van der Waals surface area contributed by atoms with Gasteiger partial charge in [-0.25, -0.2) is 0 Å². The van der Waals surface area contributed by atoms with Crippen LogP contribution in [0.1, 0.15) is 92.9 Å². The van der Waals surface area contributed by atoms with Crippen LogP contribution in [0.25, 0.3) is 0 Å². The van der Waals surface area contributed by atoms with E-state index in [2.05, 4.69) is 41.5 Å². The molecule has 0 aromatic heterocycles. The summed E-state index contributed by atoms with van der Waals surface area (Å²) in [6.45, 7) is 13.2. The molecule has 0 amide bonds. The summed E-state index contributed by atoms with van der Waals surface area (Å²) in [7, 11) is 1.41. The fourth-order valence-corrected chi connectivity index (χ4v) is 9.23. The Bertz CT molecular complexity index is 876. The molecule has 4 rings (SSSR count). The number of allylic oxidation sites excluding steroid dienone is 1. The number of aliphatic hydroxyl groups excluding tert-OH is 2. The Hall–Kier alpha value is -1.20. The van der Waals surface area contributed by atoms with Gasteiger partial charge in [0, 0.05) is 18.3 Å². The number of ether oxygens (including phenoxy) is 1. The third-order valence-electron chi connectivity index (χ3n) is 11.8. The van der Waals surface area contributed by atoms with Gasteiger partial charge in [0.1, 0.15) is 5.78 Å². The van der Waals surface area contributed by atoms with E-state index in [0.717, 1.165) is 31.3 Å². The number of hydrogen-bond acceptors (Lipinski definition) is 5. The summed E-state index contributed by atoms with van der Waals surface area (Å²) in [6.07, 6.45) is 6.60. The van der Waals surface area contributed by atoms with Crippen LogP contribution in [0.5, 0.6) is 0 Å². The Balaban J connectivity index is 1.78. The summed E-state index contributed by atoms with van der Waals surface area (Å²) in [5.41, 5.74) is -0.637. The van der Waals surface area contributed by atoms with Crippen LogP contribution in [-0.4, -0.2) is 41.3 Å². The third kappa shape index (κ3) is 2.90. The van der Waals surface area contributed by atoms with Crippen LogP contribution in [-0.2, 0) is 14.3 Å². The maximum absolute atomic E-state index is 14.0. The standard InChI is InChI=1S/C28H44O5/c1-17(8-9-23(32)33-7)27(6)22(31)16-19-25(27,4)13-12-21(30)28(19)15-10-18-24(2,3)20(29)11-14-26(18,28)5/h16-18,20,22,29,31H,8-15H2,1-7H3/t17-,18+,20+,22-,25-,26+,27-,28-/m1/s1. The Morgan fingerprint density at radius 2 is 1.79 bits per heavy atom. The second kappa shape index (κ2) is 7.65. The lowest BCUT2D eigenvalue weighted by Crippen LogP contribution is -2.59. The number of ketones is 1. The van der Waals surface area contributed by atoms with E-state index in [0.29, 0.717) is 31.5 Å². The molecule has 2 N–H and O–H groups in total. The first-order chi connectivity index (χ1) is 15.2. The normalized spacial score (nSPS) is 47.1. The fourth-order valence-electron chi connectivity index (χ4n) is 9.23. The molecular formula is C28H44O5. The Morgan fingerprint density at radius 1 is 1.12 bits per heavy atom. The largest absolute Gasteiger partial charge is 0.469 e. The number of carbonyl (C=O) groups is 2. The zero-order valence-corrected chi connectivity index (χ0v) is 21.7. The fraction of sp³-hybridized carbons (Fsp3) is 0.857. The summed E-state index contributed by atoms with van der Waals surface area (Å²) in [5, 5.41) is 22.4. The summed E-state index contributed by atoms with van der Waals surface area (Å²) in [6, 6.07) is 0. The van der Waals surface area contributed by atoms with E-state index in [9.17, 15) is 19.8 Å². The van der Waals surface area contributed by atoms with Crippen LogP contribution in [0.15, 0.2) is 11.6 Å². The molecule has 3 saturated carbocycles. The zero-order chi connectivity index (χ0) is 24.6. The number of carbonyl (C=O) groups excluding carboxylic acids is 2. The maximum Gasteiger partial charge on any atom is 0.305 e. The number of hydrogen-bond donors (Lipinski definition) is 2. The minimum atomic E-state index is -0.655. The lowest BCUT2D eigenvalue weighted by molar-refractivity contribution is -0.154. The van der Waals surface area contributed by atoms with Crippen LogP contribution in [0.2, 0.25) is 0 Å². The minimum absolute atomic E-state index is 0.0882. The highest BCUT2D eigenvalue weighted by Crippen LogP contribution is 2.76. The van der Waals surface area contributed by atoms with Gasteiger partial charge < -0.3 is 14.9 Å². The summed E-state index contributed by atoms with van der Waals surface area (Å²) in [4.78, 5) is 25.8. The second-order valence-corrected chi connectivity index (χ2v) is 12.9. The third-order valence-corrected chi connectivity index (χ3v) is 11.8. The Morgan fingerprint density at radius 3 is 2.42 bits per heavy atom. The molecule has 186 valence electrons. The average molecular weight is 461 g/mol. The number of aliphatic hydroxyl groups is 2. The molecule has 0 heterocycles. The smallest absolute Gasteiger partial charge is 0.305 e. The molecule has 33 heavy (non-hydrogen) atoms. The Kier molecular flexibility index (Phi) is 5.77. The van der Waals surface area contributed by atoms with E-state index in [1.165, 1.54) is 7.11 Å². The van der Waals surface area contributed by atoms with E-state index in [1.54, 1.807) is 0 Å². The van der Waals surface area contributed by atoms with Gasteiger partial charge in [-0.2, -0.15) is 0 Å². The van der Waals surface area contributed by atoms with Crippen molar-refractivity contribution in [1.82, 2.24) is 0 Å². The minimum Gasteiger partial charge on any atom is -0.469 e. The van der Waals surface area contributed by atoms with Crippen LogP contribution in [0.4, 0.5) is 0 Å². The van der Waals surface area contributed by atoms with Crippen molar-refractivity contribution in [1.29, 1.82) is 0 Å². The lowest BCUT2D eigenvalue weighted by atomic mass is 9.42. The molecule has 0 aromatic rings. The van der Waals surface area contributed by atoms with Crippen molar-refractivity contribution in [2.75, 3.05) is 7.11 Å². The first kappa shape index (κ1) is 24.9. The molecule has 1 spiro atoms. The van der Waals surface area contributed by atoms with Crippen molar-refractivity contribution in [2.24, 2.45) is 38.9 Å². The van der Waals surface area contributed by atoms with Gasteiger partial charge in [-0.15, -0.1) is 0 Å². The van der Waals surface area contributed by atoms with Crippen molar-refractivity contribution in [2.45, 2.75) is 105 Å². The molecular weight excluding hydrogens is 416 g/mol. The van der Waals surface area contributed by atoms with Gasteiger partial charge in [0.15, 0.2) is 0 Å². The number of fused-ring (bicyclic) bond motifs is 4.